The Morgan fingerprint density at radius 1 is 1.24 bits per heavy atom. The predicted octanol–water partition coefficient (Wildman–Crippen LogP) is 3.80. The molecule has 1 aliphatic rings. The third kappa shape index (κ3) is 4.93. The number of thioether (sulfide) groups is 1. The summed E-state index contributed by atoms with van der Waals surface area (Å²) in [5, 5.41) is 8.79. The summed E-state index contributed by atoms with van der Waals surface area (Å²) >= 11 is 6.27. The lowest BCUT2D eigenvalue weighted by atomic mass is 10.1. The fraction of sp³-hybridized carbons (Fsp3) is 0.200. The monoisotopic (exact) mass is 431 g/mol. The second-order valence-corrected chi connectivity index (χ2v) is 7.65. The van der Waals surface area contributed by atoms with Crippen LogP contribution in [0.25, 0.3) is 17.4 Å². The smallest absolute Gasteiger partial charge is 0.338 e. The standard InChI is InChI=1S/C20H17NO6S2/c1-2-26-19(25)13-5-3-12(4-6-13)15-8-7-14(27-15)11-16-18(24)21(20(28)29-16)10-9-17(22)23/h3-8,11H,2,9-10H2,1H3,(H,22,23)/b16-11-. The number of carbonyl (C=O) groups is 3. The van der Waals surface area contributed by atoms with E-state index in [-0.39, 0.29) is 24.8 Å². The molecule has 0 spiro atoms. The zero-order valence-corrected chi connectivity index (χ0v) is 17.0. The van der Waals surface area contributed by atoms with E-state index in [9.17, 15) is 14.4 Å². The van der Waals surface area contributed by atoms with Gasteiger partial charge < -0.3 is 14.3 Å². The Bertz CT molecular complexity index is 993. The summed E-state index contributed by atoms with van der Waals surface area (Å²) in [4.78, 5) is 36.5. The minimum atomic E-state index is -0.993. The maximum Gasteiger partial charge on any atom is 0.338 e. The van der Waals surface area contributed by atoms with Crippen molar-refractivity contribution in [2.45, 2.75) is 13.3 Å². The molecule has 1 N–H and O–H groups in total. The molecule has 0 atom stereocenters. The van der Waals surface area contributed by atoms with Crippen molar-refractivity contribution in [1.29, 1.82) is 0 Å². The zero-order valence-electron chi connectivity index (χ0n) is 15.4. The number of carboxylic acids is 1. The van der Waals surface area contributed by atoms with E-state index in [1.54, 1.807) is 49.4 Å². The van der Waals surface area contributed by atoms with Gasteiger partial charge >= 0.3 is 11.9 Å². The number of carbonyl (C=O) groups excluding carboxylic acids is 2. The lowest BCUT2D eigenvalue weighted by Gasteiger charge is -2.12. The van der Waals surface area contributed by atoms with Crippen LogP contribution in [0.15, 0.2) is 45.7 Å². The number of hydrogen-bond donors (Lipinski definition) is 1. The predicted molar refractivity (Wildman–Crippen MR) is 112 cm³/mol. The van der Waals surface area contributed by atoms with Crippen molar-refractivity contribution in [2.24, 2.45) is 0 Å². The van der Waals surface area contributed by atoms with E-state index in [0.717, 1.165) is 17.3 Å². The largest absolute Gasteiger partial charge is 0.481 e. The van der Waals surface area contributed by atoms with Crippen LogP contribution in [0, 0.1) is 0 Å². The molecule has 2 heterocycles. The van der Waals surface area contributed by atoms with Crippen LogP contribution < -0.4 is 0 Å². The molecule has 1 amide bonds. The second-order valence-electron chi connectivity index (χ2n) is 5.98. The van der Waals surface area contributed by atoms with Gasteiger partial charge in [0.25, 0.3) is 5.91 Å². The van der Waals surface area contributed by atoms with Crippen molar-refractivity contribution < 1.29 is 28.6 Å². The van der Waals surface area contributed by atoms with Crippen molar-refractivity contribution in [2.75, 3.05) is 13.2 Å². The number of aliphatic carboxylic acids is 1. The molecular weight excluding hydrogens is 414 g/mol. The summed E-state index contributed by atoms with van der Waals surface area (Å²) < 4.78 is 11.1. The molecule has 3 rings (SSSR count). The van der Waals surface area contributed by atoms with E-state index in [4.69, 9.17) is 26.5 Å². The van der Waals surface area contributed by atoms with Gasteiger partial charge in [-0.2, -0.15) is 0 Å². The van der Waals surface area contributed by atoms with Gasteiger partial charge in [0.2, 0.25) is 0 Å². The average molecular weight is 431 g/mol. The quantitative estimate of drug-likeness (QED) is 0.402. The molecule has 2 aromatic rings. The summed E-state index contributed by atoms with van der Waals surface area (Å²) in [6.45, 7) is 2.09. The third-order valence-corrected chi connectivity index (χ3v) is 5.38. The highest BCUT2D eigenvalue weighted by atomic mass is 32.2. The summed E-state index contributed by atoms with van der Waals surface area (Å²) in [5.41, 5.74) is 1.22. The fourth-order valence-corrected chi connectivity index (χ4v) is 3.89. The Balaban J connectivity index is 1.73. The first-order valence-corrected chi connectivity index (χ1v) is 9.96. The Morgan fingerprint density at radius 2 is 1.97 bits per heavy atom. The Labute approximate surface area is 176 Å². The minimum Gasteiger partial charge on any atom is -0.481 e. The topological polar surface area (TPSA) is 97.0 Å². The molecule has 1 aromatic heterocycles. The number of esters is 1. The van der Waals surface area contributed by atoms with Gasteiger partial charge in [0.15, 0.2) is 0 Å². The fourth-order valence-electron chi connectivity index (χ4n) is 2.60. The molecule has 0 saturated carbocycles. The van der Waals surface area contributed by atoms with Gasteiger partial charge in [-0.3, -0.25) is 14.5 Å². The molecule has 1 aliphatic heterocycles. The Kier molecular flexibility index (Phi) is 6.50. The number of thiocarbonyl (C=S) groups is 1. The van der Waals surface area contributed by atoms with E-state index >= 15 is 0 Å². The van der Waals surface area contributed by atoms with Crippen molar-refractivity contribution in [3.05, 3.63) is 52.6 Å². The average Bonchev–Trinajstić information content (AvgIpc) is 3.25. The van der Waals surface area contributed by atoms with Crippen LogP contribution in [0.4, 0.5) is 0 Å². The van der Waals surface area contributed by atoms with Gasteiger partial charge in [-0.25, -0.2) is 4.79 Å². The SMILES string of the molecule is CCOC(=O)c1ccc(-c2ccc(/C=C3\SC(=S)N(CCC(=O)O)C3=O)o2)cc1. The van der Waals surface area contributed by atoms with E-state index in [0.29, 0.717) is 32.9 Å². The van der Waals surface area contributed by atoms with E-state index in [1.165, 1.54) is 4.90 Å². The number of benzene rings is 1. The van der Waals surface area contributed by atoms with Crippen LogP contribution >= 0.6 is 24.0 Å². The molecule has 0 bridgehead atoms. The Morgan fingerprint density at radius 3 is 2.62 bits per heavy atom. The number of nitrogens with zero attached hydrogens (tertiary/aromatic N) is 1. The summed E-state index contributed by atoms with van der Waals surface area (Å²) in [6, 6.07) is 10.3. The van der Waals surface area contributed by atoms with E-state index in [2.05, 4.69) is 0 Å². The molecule has 9 heteroatoms. The summed E-state index contributed by atoms with van der Waals surface area (Å²) in [6.07, 6.45) is 1.41. The normalized spacial score (nSPS) is 15.2. The van der Waals surface area contributed by atoms with Crippen molar-refractivity contribution in [3.63, 3.8) is 0 Å². The highest BCUT2D eigenvalue weighted by molar-refractivity contribution is 8.26. The number of ether oxygens (including phenoxy) is 1. The van der Waals surface area contributed by atoms with Crippen LogP contribution in [0.1, 0.15) is 29.5 Å². The van der Waals surface area contributed by atoms with Crippen molar-refractivity contribution in [3.8, 4) is 11.3 Å². The molecule has 1 aromatic carbocycles. The van der Waals surface area contributed by atoms with Gasteiger partial charge in [0, 0.05) is 18.2 Å². The third-order valence-electron chi connectivity index (χ3n) is 4.00. The first kappa shape index (κ1) is 20.8. The molecule has 1 fully saturated rings. The highest BCUT2D eigenvalue weighted by Crippen LogP contribution is 2.33. The van der Waals surface area contributed by atoms with Crippen molar-refractivity contribution in [1.82, 2.24) is 4.90 Å². The van der Waals surface area contributed by atoms with Crippen LogP contribution in [-0.2, 0) is 14.3 Å². The zero-order chi connectivity index (χ0) is 21.0. The minimum absolute atomic E-state index is 0.0353. The number of carboxylic acid groups (broad SMARTS) is 1. The number of hydrogen-bond acceptors (Lipinski definition) is 7. The summed E-state index contributed by atoms with van der Waals surface area (Å²) in [5.74, 6) is -0.670. The maximum absolute atomic E-state index is 12.4. The van der Waals surface area contributed by atoms with Crippen LogP contribution in [0.3, 0.4) is 0 Å². The number of rotatable bonds is 7. The first-order chi connectivity index (χ1) is 13.9. The van der Waals surface area contributed by atoms with Crippen LogP contribution in [0.5, 0.6) is 0 Å². The van der Waals surface area contributed by atoms with Crippen LogP contribution in [-0.4, -0.2) is 45.3 Å². The molecular formula is C20H17NO6S2. The van der Waals surface area contributed by atoms with E-state index in [1.807, 2.05) is 0 Å². The molecule has 0 unspecified atom stereocenters. The summed E-state index contributed by atoms with van der Waals surface area (Å²) in [7, 11) is 0. The number of amides is 1. The van der Waals surface area contributed by atoms with Crippen molar-refractivity contribution >= 4 is 52.2 Å². The van der Waals surface area contributed by atoms with Gasteiger partial charge in [-0.05, 0) is 31.2 Å². The van der Waals surface area contributed by atoms with E-state index < -0.39 is 5.97 Å². The van der Waals surface area contributed by atoms with Gasteiger partial charge in [-0.15, -0.1) is 0 Å². The molecule has 1 saturated heterocycles. The van der Waals surface area contributed by atoms with Gasteiger partial charge in [0.1, 0.15) is 15.8 Å². The van der Waals surface area contributed by atoms with Crippen LogP contribution in [0.2, 0.25) is 0 Å². The van der Waals surface area contributed by atoms with Gasteiger partial charge in [0.05, 0.1) is 23.5 Å². The van der Waals surface area contributed by atoms with Gasteiger partial charge in [-0.1, -0.05) is 36.1 Å². The second kappa shape index (κ2) is 9.06. The maximum atomic E-state index is 12.4. The molecule has 7 nitrogen and oxygen atoms in total. The molecule has 29 heavy (non-hydrogen) atoms. The number of furan rings is 1. The molecule has 0 radical (unpaired) electrons. The first-order valence-electron chi connectivity index (χ1n) is 8.73. The lowest BCUT2D eigenvalue weighted by molar-refractivity contribution is -0.137. The Hall–Kier alpha value is -2.91. The molecule has 0 aliphatic carbocycles. The highest BCUT2D eigenvalue weighted by Gasteiger charge is 2.32. The lowest BCUT2D eigenvalue weighted by Crippen LogP contribution is -2.30. The molecule has 150 valence electrons.